The molecule has 3 rings (SSSR count). The average molecular weight is 403 g/mol. The van der Waals surface area contributed by atoms with Gasteiger partial charge >= 0.3 is 0 Å². The number of non-ortho nitro benzene ring substituents is 1. The molecule has 2 aromatic carbocycles. The van der Waals surface area contributed by atoms with Gasteiger partial charge in [0.05, 0.1) is 15.6 Å². The topological polar surface area (TPSA) is 105 Å². The van der Waals surface area contributed by atoms with Gasteiger partial charge in [0, 0.05) is 36.5 Å². The summed E-state index contributed by atoms with van der Waals surface area (Å²) in [7, 11) is 0. The van der Waals surface area contributed by atoms with Gasteiger partial charge in [-0.1, -0.05) is 11.6 Å². The van der Waals surface area contributed by atoms with E-state index in [1.165, 1.54) is 18.2 Å². The summed E-state index contributed by atoms with van der Waals surface area (Å²) in [4.78, 5) is 36.1. The van der Waals surface area contributed by atoms with E-state index >= 15 is 0 Å². The van der Waals surface area contributed by atoms with Crippen LogP contribution in [0.2, 0.25) is 5.02 Å². The van der Waals surface area contributed by atoms with Gasteiger partial charge in [-0.3, -0.25) is 19.7 Å². The highest BCUT2D eigenvalue weighted by atomic mass is 35.5. The average Bonchev–Trinajstić information content (AvgIpc) is 3.09. The second-order valence-corrected chi connectivity index (χ2v) is 6.88. The number of carbonyl (C=O) groups excluding carboxylic acids is 2. The van der Waals surface area contributed by atoms with Crippen LogP contribution < -0.4 is 15.5 Å². The first-order valence-corrected chi connectivity index (χ1v) is 9.15. The Labute approximate surface area is 166 Å². The molecule has 0 aromatic heterocycles. The first-order valence-electron chi connectivity index (χ1n) is 8.77. The molecule has 0 aliphatic carbocycles. The summed E-state index contributed by atoms with van der Waals surface area (Å²) in [5, 5.41) is 16.6. The summed E-state index contributed by atoms with van der Waals surface area (Å²) < 4.78 is 0. The molecule has 9 heteroatoms. The van der Waals surface area contributed by atoms with Gasteiger partial charge in [0.25, 0.3) is 5.69 Å². The molecule has 1 unspecified atom stereocenters. The summed E-state index contributed by atoms with van der Waals surface area (Å²) in [6.07, 6.45) is 1.43. The van der Waals surface area contributed by atoms with Crippen molar-refractivity contribution >= 4 is 46.2 Å². The molecule has 1 atom stereocenters. The monoisotopic (exact) mass is 402 g/mol. The Balaban J connectivity index is 1.61. The minimum absolute atomic E-state index is 0.0920. The number of carbonyl (C=O) groups is 2. The number of hydrogen-bond acceptors (Lipinski definition) is 5. The predicted octanol–water partition coefficient (Wildman–Crippen LogP) is 3.81. The highest BCUT2D eigenvalue weighted by molar-refractivity contribution is 6.34. The Morgan fingerprint density at radius 1 is 1.25 bits per heavy atom. The van der Waals surface area contributed by atoms with Crippen molar-refractivity contribution in [1.82, 2.24) is 0 Å². The molecular formula is C19H19ClN4O4. The van der Waals surface area contributed by atoms with E-state index in [0.717, 1.165) is 24.3 Å². The Hall–Kier alpha value is -3.13. The summed E-state index contributed by atoms with van der Waals surface area (Å²) in [5.74, 6) is -0.219. The van der Waals surface area contributed by atoms with E-state index in [2.05, 4.69) is 10.6 Å². The Kier molecular flexibility index (Phi) is 5.79. The first kappa shape index (κ1) is 19.6. The maximum atomic E-state index is 12.4. The molecule has 8 nitrogen and oxygen atoms in total. The number of nitro groups is 1. The fraction of sp³-hybridized carbons (Fsp3) is 0.263. The molecule has 1 fully saturated rings. The van der Waals surface area contributed by atoms with Crippen molar-refractivity contribution in [2.75, 3.05) is 22.1 Å². The third-order valence-corrected chi connectivity index (χ3v) is 4.76. The highest BCUT2D eigenvalue weighted by Crippen LogP contribution is 2.27. The highest BCUT2D eigenvalue weighted by Gasteiger charge is 2.21. The van der Waals surface area contributed by atoms with Crippen LogP contribution in [0.3, 0.4) is 0 Å². The van der Waals surface area contributed by atoms with Crippen LogP contribution in [0.5, 0.6) is 0 Å². The summed E-state index contributed by atoms with van der Waals surface area (Å²) >= 11 is 6.00. The zero-order valence-electron chi connectivity index (χ0n) is 15.1. The second kappa shape index (κ2) is 8.26. The van der Waals surface area contributed by atoms with Crippen LogP contribution in [-0.2, 0) is 9.59 Å². The Morgan fingerprint density at radius 2 is 1.96 bits per heavy atom. The molecule has 146 valence electrons. The molecule has 0 saturated carbocycles. The minimum Gasteiger partial charge on any atom is -0.374 e. The maximum absolute atomic E-state index is 12.4. The molecule has 0 bridgehead atoms. The van der Waals surface area contributed by atoms with E-state index in [4.69, 9.17) is 11.6 Å². The van der Waals surface area contributed by atoms with Crippen molar-refractivity contribution < 1.29 is 14.5 Å². The standard InChI is InChI=1S/C19H19ClN4O4/c1-12(19(26)22-17-9-8-15(24(27)28)11-16(17)20)21-13-4-6-14(7-5-13)23-10-2-3-18(23)25/h4-9,11-12,21H,2-3,10H2,1H3,(H,22,26). The Bertz CT molecular complexity index is 917. The largest absolute Gasteiger partial charge is 0.374 e. The van der Waals surface area contributed by atoms with Crippen molar-refractivity contribution in [1.29, 1.82) is 0 Å². The van der Waals surface area contributed by atoms with Crippen molar-refractivity contribution in [2.24, 2.45) is 0 Å². The van der Waals surface area contributed by atoms with Gasteiger partial charge in [0.1, 0.15) is 6.04 Å². The molecule has 0 radical (unpaired) electrons. The second-order valence-electron chi connectivity index (χ2n) is 6.47. The molecule has 1 saturated heterocycles. The van der Waals surface area contributed by atoms with E-state index in [1.807, 2.05) is 24.3 Å². The lowest BCUT2D eigenvalue weighted by Gasteiger charge is -2.18. The van der Waals surface area contributed by atoms with Crippen molar-refractivity contribution in [3.63, 3.8) is 0 Å². The molecule has 28 heavy (non-hydrogen) atoms. The molecular weight excluding hydrogens is 384 g/mol. The van der Waals surface area contributed by atoms with Gasteiger partial charge in [-0.15, -0.1) is 0 Å². The number of nitro benzene ring substituents is 1. The van der Waals surface area contributed by atoms with Gasteiger partial charge in [-0.2, -0.15) is 0 Å². The quantitative estimate of drug-likeness (QED) is 0.564. The van der Waals surface area contributed by atoms with Crippen molar-refractivity contribution in [3.8, 4) is 0 Å². The summed E-state index contributed by atoms with van der Waals surface area (Å²) in [5.41, 5.74) is 1.72. The van der Waals surface area contributed by atoms with Crippen LogP contribution in [-0.4, -0.2) is 29.3 Å². The van der Waals surface area contributed by atoms with Crippen LogP contribution in [0.25, 0.3) is 0 Å². The molecule has 2 N–H and O–H groups in total. The maximum Gasteiger partial charge on any atom is 0.271 e. The Morgan fingerprint density at radius 3 is 2.54 bits per heavy atom. The van der Waals surface area contributed by atoms with Gasteiger partial charge in [0.2, 0.25) is 11.8 Å². The fourth-order valence-electron chi connectivity index (χ4n) is 2.93. The number of anilines is 3. The zero-order valence-corrected chi connectivity index (χ0v) is 15.9. The van der Waals surface area contributed by atoms with Gasteiger partial charge in [0.15, 0.2) is 0 Å². The number of nitrogens with one attached hydrogen (secondary N) is 2. The number of rotatable bonds is 6. The first-order chi connectivity index (χ1) is 13.3. The van der Waals surface area contributed by atoms with Crippen LogP contribution in [0.1, 0.15) is 19.8 Å². The number of halogens is 1. The fourth-order valence-corrected chi connectivity index (χ4v) is 3.16. The number of benzene rings is 2. The molecule has 2 amide bonds. The summed E-state index contributed by atoms with van der Waals surface area (Å²) in [6, 6.07) is 10.6. The number of hydrogen-bond donors (Lipinski definition) is 2. The molecule has 2 aromatic rings. The lowest BCUT2D eigenvalue weighted by molar-refractivity contribution is -0.384. The molecule has 1 aliphatic rings. The number of nitrogens with zero attached hydrogens (tertiary/aromatic N) is 2. The van der Waals surface area contributed by atoms with E-state index in [0.29, 0.717) is 12.1 Å². The third-order valence-electron chi connectivity index (χ3n) is 4.45. The lowest BCUT2D eigenvalue weighted by Crippen LogP contribution is -2.32. The van der Waals surface area contributed by atoms with E-state index in [9.17, 15) is 19.7 Å². The van der Waals surface area contributed by atoms with Crippen LogP contribution >= 0.6 is 11.6 Å². The number of amides is 2. The normalized spacial score (nSPS) is 14.6. The summed E-state index contributed by atoms with van der Waals surface area (Å²) in [6.45, 7) is 2.41. The third kappa shape index (κ3) is 4.40. The SMILES string of the molecule is CC(Nc1ccc(N2CCCC2=O)cc1)C(=O)Nc1ccc([N+](=O)[O-])cc1Cl. The van der Waals surface area contributed by atoms with E-state index in [-0.39, 0.29) is 22.5 Å². The lowest BCUT2D eigenvalue weighted by atomic mass is 10.2. The van der Waals surface area contributed by atoms with Crippen molar-refractivity contribution in [3.05, 3.63) is 57.6 Å². The molecule has 1 aliphatic heterocycles. The minimum atomic E-state index is -0.578. The zero-order chi connectivity index (χ0) is 20.3. The van der Waals surface area contributed by atoms with E-state index in [1.54, 1.807) is 11.8 Å². The van der Waals surface area contributed by atoms with Gasteiger partial charge < -0.3 is 15.5 Å². The predicted molar refractivity (Wildman–Crippen MR) is 108 cm³/mol. The molecule has 0 spiro atoms. The molecule has 1 heterocycles. The smallest absolute Gasteiger partial charge is 0.271 e. The van der Waals surface area contributed by atoms with Crippen molar-refractivity contribution in [2.45, 2.75) is 25.8 Å². The van der Waals surface area contributed by atoms with Gasteiger partial charge in [-0.25, -0.2) is 0 Å². The van der Waals surface area contributed by atoms with Crippen LogP contribution in [0, 0.1) is 10.1 Å². The van der Waals surface area contributed by atoms with Gasteiger partial charge in [-0.05, 0) is 43.7 Å². The van der Waals surface area contributed by atoms with E-state index < -0.39 is 11.0 Å². The van der Waals surface area contributed by atoms with Crippen LogP contribution in [0.15, 0.2) is 42.5 Å². The van der Waals surface area contributed by atoms with Crippen LogP contribution in [0.4, 0.5) is 22.7 Å².